The molecule has 22 heavy (non-hydrogen) atoms. The number of carbonyl (C=O) groups is 2. The molecule has 1 aromatic carbocycles. The van der Waals surface area contributed by atoms with Gasteiger partial charge in [0.25, 0.3) is 0 Å². The number of carbonyl (C=O) groups excluding carboxylic acids is 2. The van der Waals surface area contributed by atoms with Gasteiger partial charge in [-0.25, -0.2) is 9.18 Å². The summed E-state index contributed by atoms with van der Waals surface area (Å²) in [5.74, 6) is -0.335. The van der Waals surface area contributed by atoms with Gasteiger partial charge in [-0.05, 0) is 55.8 Å². The summed E-state index contributed by atoms with van der Waals surface area (Å²) >= 11 is 2.99. The molecule has 0 unspecified atom stereocenters. The number of halogens is 2. The van der Waals surface area contributed by atoms with Gasteiger partial charge in [0.15, 0.2) is 6.29 Å². The Morgan fingerprint density at radius 3 is 2.64 bits per heavy atom. The number of hydrogen-bond acceptors (Lipinski definition) is 4. The van der Waals surface area contributed by atoms with Gasteiger partial charge in [-0.15, -0.1) is 0 Å². The second kappa shape index (κ2) is 7.58. The first kappa shape index (κ1) is 18.4. The number of ether oxygens (including phenoxy) is 2. The van der Waals surface area contributed by atoms with Crippen molar-refractivity contribution in [3.8, 4) is 5.75 Å². The summed E-state index contributed by atoms with van der Waals surface area (Å²) in [6.07, 6.45) is -0.553. The van der Waals surface area contributed by atoms with Gasteiger partial charge in [-0.3, -0.25) is 4.79 Å². The molecule has 122 valence electrons. The molecule has 5 nitrogen and oxygen atoms in total. The van der Waals surface area contributed by atoms with Gasteiger partial charge in [0.1, 0.15) is 24.3 Å². The maximum absolute atomic E-state index is 13.4. The van der Waals surface area contributed by atoms with Crippen molar-refractivity contribution in [3.63, 3.8) is 0 Å². The van der Waals surface area contributed by atoms with Crippen LogP contribution < -0.4 is 10.1 Å². The molecule has 0 radical (unpaired) electrons. The van der Waals surface area contributed by atoms with Crippen LogP contribution in [0.25, 0.3) is 0 Å². The van der Waals surface area contributed by atoms with Gasteiger partial charge < -0.3 is 14.8 Å². The van der Waals surface area contributed by atoms with E-state index in [1.54, 1.807) is 6.92 Å². The molecular weight excluding hydrogens is 357 g/mol. The molecule has 1 amide bonds. The zero-order chi connectivity index (χ0) is 16.9. The van der Waals surface area contributed by atoms with E-state index in [1.165, 1.54) is 12.1 Å². The highest BCUT2D eigenvalue weighted by Crippen LogP contribution is 2.28. The summed E-state index contributed by atoms with van der Waals surface area (Å²) in [7, 11) is 0. The van der Waals surface area contributed by atoms with E-state index in [1.807, 2.05) is 20.8 Å². The third-order valence-electron chi connectivity index (χ3n) is 2.46. The van der Waals surface area contributed by atoms with Crippen molar-refractivity contribution in [3.05, 3.63) is 28.0 Å². The highest BCUT2D eigenvalue weighted by atomic mass is 79.9. The zero-order valence-electron chi connectivity index (χ0n) is 12.9. The molecular formula is C15H19BrFNO4. The van der Waals surface area contributed by atoms with Crippen LogP contribution in [-0.4, -0.2) is 30.6 Å². The SMILES string of the molecule is C[C@@H](COC(=O)NC(C)(C)C)Oc1ccc(F)c(Br)c1C=O. The van der Waals surface area contributed by atoms with Gasteiger partial charge in [0, 0.05) is 5.54 Å². The van der Waals surface area contributed by atoms with Crippen molar-refractivity contribution >= 4 is 28.3 Å². The van der Waals surface area contributed by atoms with Crippen LogP contribution in [0.4, 0.5) is 9.18 Å². The molecule has 0 aliphatic carbocycles. The molecule has 0 aromatic heterocycles. The maximum Gasteiger partial charge on any atom is 0.407 e. The van der Waals surface area contributed by atoms with E-state index in [2.05, 4.69) is 21.2 Å². The average Bonchev–Trinajstić information content (AvgIpc) is 2.39. The van der Waals surface area contributed by atoms with Crippen molar-refractivity contribution in [1.29, 1.82) is 0 Å². The lowest BCUT2D eigenvalue weighted by Gasteiger charge is -2.21. The minimum absolute atomic E-state index is 0.00476. The highest BCUT2D eigenvalue weighted by molar-refractivity contribution is 9.10. The van der Waals surface area contributed by atoms with Crippen LogP contribution >= 0.6 is 15.9 Å². The van der Waals surface area contributed by atoms with E-state index in [0.29, 0.717) is 6.29 Å². The lowest BCUT2D eigenvalue weighted by molar-refractivity contribution is 0.0846. The largest absolute Gasteiger partial charge is 0.486 e. The van der Waals surface area contributed by atoms with E-state index in [-0.39, 0.29) is 22.4 Å². The molecule has 0 bridgehead atoms. The fourth-order valence-corrected chi connectivity index (χ4v) is 1.97. The zero-order valence-corrected chi connectivity index (χ0v) is 14.5. The number of amides is 1. The molecule has 1 aromatic rings. The fourth-order valence-electron chi connectivity index (χ4n) is 1.55. The first-order valence-electron chi connectivity index (χ1n) is 6.69. The summed E-state index contributed by atoms with van der Waals surface area (Å²) in [4.78, 5) is 22.6. The Morgan fingerprint density at radius 1 is 1.45 bits per heavy atom. The van der Waals surface area contributed by atoms with E-state index in [4.69, 9.17) is 9.47 Å². The highest BCUT2D eigenvalue weighted by Gasteiger charge is 2.17. The molecule has 0 aliphatic heterocycles. The van der Waals surface area contributed by atoms with E-state index >= 15 is 0 Å². The number of hydrogen-bond donors (Lipinski definition) is 1. The quantitative estimate of drug-likeness (QED) is 0.797. The minimum atomic E-state index is -0.557. The van der Waals surface area contributed by atoms with Crippen LogP contribution in [0.5, 0.6) is 5.75 Å². The lowest BCUT2D eigenvalue weighted by atomic mass is 10.1. The summed E-state index contributed by atoms with van der Waals surface area (Å²) in [6, 6.07) is 2.54. The van der Waals surface area contributed by atoms with E-state index < -0.39 is 23.6 Å². The Bertz CT molecular complexity index is 557. The number of benzene rings is 1. The third-order valence-corrected chi connectivity index (χ3v) is 3.27. The molecule has 1 atom stereocenters. The van der Waals surface area contributed by atoms with Crippen LogP contribution in [0.2, 0.25) is 0 Å². The molecule has 1 N–H and O–H groups in total. The van der Waals surface area contributed by atoms with Crippen molar-refractivity contribution in [2.75, 3.05) is 6.61 Å². The number of nitrogens with one attached hydrogen (secondary N) is 1. The van der Waals surface area contributed by atoms with Crippen molar-refractivity contribution in [1.82, 2.24) is 5.32 Å². The Balaban J connectivity index is 2.63. The smallest absolute Gasteiger partial charge is 0.407 e. The second-order valence-electron chi connectivity index (χ2n) is 5.79. The Kier molecular flexibility index (Phi) is 6.34. The van der Waals surface area contributed by atoms with E-state index in [9.17, 15) is 14.0 Å². The molecule has 0 fully saturated rings. The molecule has 0 aliphatic rings. The van der Waals surface area contributed by atoms with Crippen LogP contribution in [0.3, 0.4) is 0 Å². The van der Waals surface area contributed by atoms with Crippen LogP contribution in [0.15, 0.2) is 16.6 Å². The van der Waals surface area contributed by atoms with Gasteiger partial charge >= 0.3 is 6.09 Å². The summed E-state index contributed by atoms with van der Waals surface area (Å²) in [5, 5.41) is 2.65. The average molecular weight is 376 g/mol. The Hall–Kier alpha value is -1.63. The van der Waals surface area contributed by atoms with Crippen LogP contribution in [0, 0.1) is 5.82 Å². The number of alkyl carbamates (subject to hydrolysis) is 1. The monoisotopic (exact) mass is 375 g/mol. The fraction of sp³-hybridized carbons (Fsp3) is 0.467. The molecule has 0 saturated carbocycles. The number of aldehydes is 1. The summed E-state index contributed by atoms with van der Waals surface area (Å²) < 4.78 is 23.9. The first-order chi connectivity index (χ1) is 10.1. The molecule has 1 rings (SSSR count). The molecule has 0 spiro atoms. The van der Waals surface area contributed by atoms with Crippen molar-refractivity contribution in [2.24, 2.45) is 0 Å². The summed E-state index contributed by atoms with van der Waals surface area (Å²) in [6.45, 7) is 7.17. The van der Waals surface area contributed by atoms with Gasteiger partial charge in [0.05, 0.1) is 10.0 Å². The number of rotatable bonds is 5. The van der Waals surface area contributed by atoms with Crippen LogP contribution in [-0.2, 0) is 4.74 Å². The molecule has 0 saturated heterocycles. The summed E-state index contributed by atoms with van der Waals surface area (Å²) in [5.41, 5.74) is -0.320. The van der Waals surface area contributed by atoms with Crippen LogP contribution in [0.1, 0.15) is 38.1 Å². The van der Waals surface area contributed by atoms with Crippen molar-refractivity contribution in [2.45, 2.75) is 39.3 Å². The Morgan fingerprint density at radius 2 is 2.09 bits per heavy atom. The molecule has 7 heteroatoms. The predicted octanol–water partition coefficient (Wildman–Crippen LogP) is 3.69. The predicted molar refractivity (Wildman–Crippen MR) is 83.8 cm³/mol. The van der Waals surface area contributed by atoms with Gasteiger partial charge in [-0.1, -0.05) is 0 Å². The third kappa shape index (κ3) is 5.63. The maximum atomic E-state index is 13.4. The topological polar surface area (TPSA) is 64.6 Å². The van der Waals surface area contributed by atoms with Crippen molar-refractivity contribution < 1.29 is 23.5 Å². The standard InChI is InChI=1S/C15H19BrFNO4/c1-9(8-21-14(20)18-15(2,3)4)22-12-6-5-11(17)13(16)10(12)7-19/h5-7,9H,8H2,1-4H3,(H,18,20)/t9-/m0/s1. The first-order valence-corrected chi connectivity index (χ1v) is 7.48. The lowest BCUT2D eigenvalue weighted by Crippen LogP contribution is -2.41. The minimum Gasteiger partial charge on any atom is -0.486 e. The normalized spacial score (nSPS) is 12.5. The van der Waals surface area contributed by atoms with Gasteiger partial charge in [-0.2, -0.15) is 0 Å². The second-order valence-corrected chi connectivity index (χ2v) is 6.59. The van der Waals surface area contributed by atoms with Gasteiger partial charge in [0.2, 0.25) is 0 Å². The Labute approximate surface area is 137 Å². The molecule has 0 heterocycles. The van der Waals surface area contributed by atoms with E-state index in [0.717, 1.165) is 0 Å².